The number of carbonyl (C=O) groups is 1. The van der Waals surface area contributed by atoms with Gasteiger partial charge in [0.05, 0.1) is 12.6 Å². The minimum atomic E-state index is -0.140. The molecule has 1 heterocycles. The number of rotatable bonds is 4. The van der Waals surface area contributed by atoms with E-state index in [0.29, 0.717) is 24.9 Å². The van der Waals surface area contributed by atoms with Gasteiger partial charge >= 0.3 is 6.03 Å². The molecule has 0 bridgehead atoms. The van der Waals surface area contributed by atoms with Crippen LogP contribution in [0.1, 0.15) is 25.7 Å². The quantitative estimate of drug-likeness (QED) is 0.755. The van der Waals surface area contributed by atoms with Crippen LogP contribution in [0.3, 0.4) is 0 Å². The largest absolute Gasteiger partial charge is 0.383 e. The standard InChI is InChI=1S/C11H19N3O2/c1-16-7-6-14-9(8-4-2-3-5-8)10(12)13-11(14)15/h8-9H,2-7H2,1H3,(H2,12,13,15). The lowest BCUT2D eigenvalue weighted by atomic mass is 9.97. The van der Waals surface area contributed by atoms with Crippen LogP contribution in [-0.2, 0) is 4.74 Å². The van der Waals surface area contributed by atoms with E-state index < -0.39 is 0 Å². The molecule has 1 saturated heterocycles. The van der Waals surface area contributed by atoms with Crippen molar-refractivity contribution in [3.63, 3.8) is 0 Å². The van der Waals surface area contributed by atoms with Gasteiger partial charge in [0.15, 0.2) is 0 Å². The second kappa shape index (κ2) is 4.82. The Morgan fingerprint density at radius 2 is 2.19 bits per heavy atom. The maximum Gasteiger partial charge on any atom is 0.323 e. The maximum absolute atomic E-state index is 11.7. The van der Waals surface area contributed by atoms with Gasteiger partial charge in [-0.2, -0.15) is 0 Å². The van der Waals surface area contributed by atoms with E-state index >= 15 is 0 Å². The lowest BCUT2D eigenvalue weighted by Gasteiger charge is -2.27. The zero-order valence-electron chi connectivity index (χ0n) is 9.66. The van der Waals surface area contributed by atoms with Crippen LogP contribution in [-0.4, -0.2) is 43.1 Å². The van der Waals surface area contributed by atoms with Crippen molar-refractivity contribution in [3.05, 3.63) is 0 Å². The highest BCUT2D eigenvalue weighted by atomic mass is 16.5. The number of urea groups is 1. The molecule has 90 valence electrons. The summed E-state index contributed by atoms with van der Waals surface area (Å²) in [5.74, 6) is 0.830. The topological polar surface area (TPSA) is 65.4 Å². The summed E-state index contributed by atoms with van der Waals surface area (Å²) in [6, 6.07) is -0.177. The van der Waals surface area contributed by atoms with E-state index in [-0.39, 0.29) is 12.1 Å². The number of hydrogen-bond acceptors (Lipinski definition) is 3. The van der Waals surface area contributed by atoms with E-state index in [4.69, 9.17) is 10.1 Å². The van der Waals surface area contributed by atoms with Crippen LogP contribution < -0.4 is 5.32 Å². The number of nitrogens with zero attached hydrogens (tertiary/aromatic N) is 1. The van der Waals surface area contributed by atoms with Crippen LogP contribution in [0.2, 0.25) is 0 Å². The molecule has 5 heteroatoms. The summed E-state index contributed by atoms with van der Waals surface area (Å²) in [6.07, 6.45) is 4.71. The zero-order valence-corrected chi connectivity index (χ0v) is 9.66. The first-order valence-electron chi connectivity index (χ1n) is 5.89. The van der Waals surface area contributed by atoms with Crippen LogP contribution in [0.4, 0.5) is 4.79 Å². The molecule has 1 unspecified atom stereocenters. The Kier molecular flexibility index (Phi) is 3.43. The molecule has 1 aliphatic carbocycles. The Bertz CT molecular complexity index is 287. The van der Waals surface area contributed by atoms with E-state index in [9.17, 15) is 4.79 Å². The Morgan fingerprint density at radius 1 is 1.50 bits per heavy atom. The van der Waals surface area contributed by atoms with E-state index in [0.717, 1.165) is 12.8 Å². The Hall–Kier alpha value is -1.10. The van der Waals surface area contributed by atoms with Crippen LogP contribution in [0.25, 0.3) is 0 Å². The van der Waals surface area contributed by atoms with Gasteiger partial charge in [0, 0.05) is 13.7 Å². The summed E-state index contributed by atoms with van der Waals surface area (Å²) in [7, 11) is 1.63. The molecule has 2 amide bonds. The summed E-state index contributed by atoms with van der Waals surface area (Å²) in [6.45, 7) is 1.11. The summed E-state index contributed by atoms with van der Waals surface area (Å²) in [4.78, 5) is 13.4. The average molecular weight is 225 g/mol. The van der Waals surface area contributed by atoms with Crippen molar-refractivity contribution in [3.8, 4) is 0 Å². The van der Waals surface area contributed by atoms with Gasteiger partial charge in [-0.3, -0.25) is 10.7 Å². The van der Waals surface area contributed by atoms with Crippen molar-refractivity contribution in [1.29, 1.82) is 5.41 Å². The zero-order chi connectivity index (χ0) is 11.5. The molecule has 2 fully saturated rings. The molecule has 1 saturated carbocycles. The van der Waals surface area contributed by atoms with Crippen LogP contribution in [0, 0.1) is 11.3 Å². The molecule has 0 aromatic carbocycles. The van der Waals surface area contributed by atoms with Gasteiger partial charge < -0.3 is 9.64 Å². The fraction of sp³-hybridized carbons (Fsp3) is 0.818. The Morgan fingerprint density at radius 3 is 2.81 bits per heavy atom. The highest BCUT2D eigenvalue weighted by molar-refractivity contribution is 6.05. The minimum absolute atomic E-state index is 0.0369. The molecule has 2 N–H and O–H groups in total. The molecular formula is C11H19N3O2. The fourth-order valence-electron chi connectivity index (χ4n) is 2.74. The second-order valence-corrected chi connectivity index (χ2v) is 4.52. The SMILES string of the molecule is COCCN1C(=O)NC(=N)C1C1CCCC1. The number of ether oxygens (including phenoxy) is 1. The van der Waals surface area contributed by atoms with E-state index in [1.54, 1.807) is 12.0 Å². The maximum atomic E-state index is 11.7. The van der Waals surface area contributed by atoms with Crippen LogP contribution >= 0.6 is 0 Å². The number of hydrogen-bond donors (Lipinski definition) is 2. The Labute approximate surface area is 95.6 Å². The third-order valence-electron chi connectivity index (χ3n) is 3.52. The highest BCUT2D eigenvalue weighted by Crippen LogP contribution is 2.32. The molecule has 0 spiro atoms. The molecule has 2 aliphatic rings. The highest BCUT2D eigenvalue weighted by Gasteiger charge is 2.41. The molecule has 16 heavy (non-hydrogen) atoms. The summed E-state index contributed by atoms with van der Waals surface area (Å²) < 4.78 is 5.01. The summed E-state index contributed by atoms with van der Waals surface area (Å²) in [5, 5.41) is 10.5. The number of nitrogens with one attached hydrogen (secondary N) is 2. The molecule has 2 rings (SSSR count). The fourth-order valence-corrected chi connectivity index (χ4v) is 2.74. The smallest absolute Gasteiger partial charge is 0.323 e. The first-order chi connectivity index (χ1) is 7.74. The van der Waals surface area contributed by atoms with Crippen molar-refractivity contribution in [2.45, 2.75) is 31.7 Å². The van der Waals surface area contributed by atoms with Gasteiger partial charge in [-0.15, -0.1) is 0 Å². The van der Waals surface area contributed by atoms with Gasteiger partial charge in [0.25, 0.3) is 0 Å². The molecule has 0 aromatic heterocycles. The van der Waals surface area contributed by atoms with Gasteiger partial charge in [-0.1, -0.05) is 12.8 Å². The van der Waals surface area contributed by atoms with Gasteiger partial charge in [-0.05, 0) is 18.8 Å². The molecular weight excluding hydrogens is 206 g/mol. The minimum Gasteiger partial charge on any atom is -0.383 e. The number of amides is 2. The lowest BCUT2D eigenvalue weighted by Crippen LogP contribution is -2.41. The van der Waals surface area contributed by atoms with Crippen molar-refractivity contribution >= 4 is 11.9 Å². The molecule has 5 nitrogen and oxygen atoms in total. The normalized spacial score (nSPS) is 26.6. The third-order valence-corrected chi connectivity index (χ3v) is 3.52. The number of amidine groups is 1. The van der Waals surface area contributed by atoms with Crippen molar-refractivity contribution in [2.75, 3.05) is 20.3 Å². The molecule has 0 aromatic rings. The Balaban J connectivity index is 2.05. The average Bonchev–Trinajstić information content (AvgIpc) is 2.83. The molecule has 0 radical (unpaired) electrons. The van der Waals surface area contributed by atoms with Crippen molar-refractivity contribution in [1.82, 2.24) is 10.2 Å². The summed E-state index contributed by atoms with van der Waals surface area (Å²) >= 11 is 0. The van der Waals surface area contributed by atoms with Crippen molar-refractivity contribution < 1.29 is 9.53 Å². The first-order valence-corrected chi connectivity index (χ1v) is 5.89. The van der Waals surface area contributed by atoms with Gasteiger partial charge in [0.1, 0.15) is 5.84 Å². The lowest BCUT2D eigenvalue weighted by molar-refractivity contribution is 0.139. The summed E-state index contributed by atoms with van der Waals surface area (Å²) in [5.41, 5.74) is 0. The first kappa shape index (κ1) is 11.4. The van der Waals surface area contributed by atoms with E-state index in [1.807, 2.05) is 0 Å². The predicted molar refractivity (Wildman–Crippen MR) is 60.6 cm³/mol. The number of carbonyl (C=O) groups excluding carboxylic acids is 1. The second-order valence-electron chi connectivity index (χ2n) is 4.52. The monoisotopic (exact) mass is 225 g/mol. The van der Waals surface area contributed by atoms with E-state index in [2.05, 4.69) is 5.32 Å². The number of methoxy groups -OCH3 is 1. The van der Waals surface area contributed by atoms with Crippen LogP contribution in [0.5, 0.6) is 0 Å². The van der Waals surface area contributed by atoms with Crippen molar-refractivity contribution in [2.24, 2.45) is 5.92 Å². The molecule has 1 atom stereocenters. The van der Waals surface area contributed by atoms with E-state index in [1.165, 1.54) is 12.8 Å². The predicted octanol–water partition coefficient (Wildman–Crippen LogP) is 1.19. The third kappa shape index (κ3) is 2.04. The van der Waals surface area contributed by atoms with Gasteiger partial charge in [0.2, 0.25) is 0 Å². The molecule has 1 aliphatic heterocycles. The van der Waals surface area contributed by atoms with Gasteiger partial charge in [-0.25, -0.2) is 4.79 Å². The van der Waals surface area contributed by atoms with Crippen LogP contribution in [0.15, 0.2) is 0 Å².